The number of hydrogen-bond acceptors (Lipinski definition) is 4. The van der Waals surface area contributed by atoms with E-state index in [1.54, 1.807) is 37.9 Å². The van der Waals surface area contributed by atoms with Crippen LogP contribution in [0.2, 0.25) is 0 Å². The molecule has 0 spiro atoms. The molecule has 1 aromatic rings. The number of rotatable bonds is 5. The van der Waals surface area contributed by atoms with Crippen LogP contribution in [0.1, 0.15) is 18.1 Å². The SMILES string of the molecule is CSCC(C)N(C)S(=O)(=O)c1cc(C#CCN)ccc1C. The molecule has 1 rings (SSSR count). The highest BCUT2D eigenvalue weighted by molar-refractivity contribution is 7.98. The third kappa shape index (κ3) is 4.48. The number of aryl methyl sites for hydroxylation is 1. The molecule has 1 aromatic carbocycles. The van der Waals surface area contributed by atoms with Gasteiger partial charge in [-0.1, -0.05) is 17.9 Å². The Hall–Kier alpha value is -1.00. The first-order valence-electron chi connectivity index (χ1n) is 6.61. The van der Waals surface area contributed by atoms with E-state index in [1.807, 2.05) is 19.2 Å². The lowest BCUT2D eigenvalue weighted by Gasteiger charge is -2.24. The average Bonchev–Trinajstić information content (AvgIpc) is 2.45. The summed E-state index contributed by atoms with van der Waals surface area (Å²) in [7, 11) is -1.90. The predicted molar refractivity (Wildman–Crippen MR) is 89.9 cm³/mol. The number of thioether (sulfide) groups is 1. The Morgan fingerprint density at radius 2 is 2.10 bits per heavy atom. The monoisotopic (exact) mass is 326 g/mol. The van der Waals surface area contributed by atoms with E-state index in [0.717, 1.165) is 11.3 Å². The quantitative estimate of drug-likeness (QED) is 0.836. The van der Waals surface area contributed by atoms with E-state index in [-0.39, 0.29) is 12.6 Å². The lowest BCUT2D eigenvalue weighted by molar-refractivity contribution is 0.415. The summed E-state index contributed by atoms with van der Waals surface area (Å²) in [5.41, 5.74) is 6.73. The van der Waals surface area contributed by atoms with E-state index in [1.165, 1.54) is 4.31 Å². The molecular formula is C15H22N2O2S2. The van der Waals surface area contributed by atoms with Crippen LogP contribution in [0.15, 0.2) is 23.1 Å². The first-order chi connectivity index (χ1) is 9.84. The van der Waals surface area contributed by atoms with Gasteiger partial charge in [-0.15, -0.1) is 0 Å². The molecule has 0 saturated heterocycles. The van der Waals surface area contributed by atoms with E-state index in [0.29, 0.717) is 10.5 Å². The zero-order valence-corrected chi connectivity index (χ0v) is 14.5. The number of nitrogens with two attached hydrogens (primary N) is 1. The smallest absolute Gasteiger partial charge is 0.243 e. The molecule has 4 nitrogen and oxygen atoms in total. The van der Waals surface area contributed by atoms with E-state index in [4.69, 9.17) is 5.73 Å². The van der Waals surface area contributed by atoms with Gasteiger partial charge in [0.2, 0.25) is 10.0 Å². The standard InChI is InChI=1S/C15H22N2O2S2/c1-12-7-8-14(6-5-9-16)10-15(12)21(18,19)17(3)13(2)11-20-4/h7-8,10,13H,9,11,16H2,1-4H3. The van der Waals surface area contributed by atoms with Gasteiger partial charge in [0.25, 0.3) is 0 Å². The summed E-state index contributed by atoms with van der Waals surface area (Å²) < 4.78 is 26.9. The van der Waals surface area contributed by atoms with Crippen molar-refractivity contribution < 1.29 is 8.42 Å². The summed E-state index contributed by atoms with van der Waals surface area (Å²) in [4.78, 5) is 0.307. The van der Waals surface area contributed by atoms with Crippen LogP contribution in [0, 0.1) is 18.8 Å². The van der Waals surface area contributed by atoms with Crippen molar-refractivity contribution in [1.82, 2.24) is 4.31 Å². The molecule has 6 heteroatoms. The Bertz CT molecular complexity index is 645. The van der Waals surface area contributed by atoms with Crippen molar-refractivity contribution >= 4 is 21.8 Å². The minimum absolute atomic E-state index is 0.0665. The summed E-state index contributed by atoms with van der Waals surface area (Å²) in [6.07, 6.45) is 1.96. The molecule has 0 amide bonds. The molecule has 0 aliphatic rings. The Labute approximate surface area is 132 Å². The predicted octanol–water partition coefficient (Wildman–Crippen LogP) is 1.68. The van der Waals surface area contributed by atoms with Crippen LogP contribution in [-0.4, -0.2) is 44.4 Å². The molecule has 0 aliphatic carbocycles. The minimum atomic E-state index is -3.52. The second-order valence-corrected chi connectivity index (χ2v) is 7.69. The summed E-state index contributed by atoms with van der Waals surface area (Å²) >= 11 is 1.63. The van der Waals surface area contributed by atoms with Crippen LogP contribution < -0.4 is 5.73 Å². The van der Waals surface area contributed by atoms with Gasteiger partial charge >= 0.3 is 0 Å². The van der Waals surface area contributed by atoms with Crippen molar-refractivity contribution in [1.29, 1.82) is 0 Å². The second-order valence-electron chi connectivity index (χ2n) is 4.81. The fourth-order valence-corrected chi connectivity index (χ4v) is 4.26. The molecule has 0 saturated carbocycles. The van der Waals surface area contributed by atoms with Gasteiger partial charge in [0.1, 0.15) is 0 Å². The average molecular weight is 326 g/mol. The first kappa shape index (κ1) is 18.1. The van der Waals surface area contributed by atoms with Crippen LogP contribution in [-0.2, 0) is 10.0 Å². The highest BCUT2D eigenvalue weighted by atomic mass is 32.2. The number of hydrogen-bond donors (Lipinski definition) is 1. The number of nitrogens with zero attached hydrogens (tertiary/aromatic N) is 1. The Balaban J connectivity index is 3.24. The van der Waals surface area contributed by atoms with Crippen LogP contribution in [0.3, 0.4) is 0 Å². The van der Waals surface area contributed by atoms with Gasteiger partial charge in [0, 0.05) is 24.4 Å². The molecule has 0 bridgehead atoms. The summed E-state index contributed by atoms with van der Waals surface area (Å²) in [5.74, 6) is 6.37. The molecule has 2 N–H and O–H groups in total. The molecule has 116 valence electrons. The maximum atomic E-state index is 12.7. The van der Waals surface area contributed by atoms with Crippen LogP contribution in [0.4, 0.5) is 0 Å². The van der Waals surface area contributed by atoms with E-state index >= 15 is 0 Å². The Kier molecular flexibility index (Phi) is 6.75. The molecule has 0 heterocycles. The van der Waals surface area contributed by atoms with E-state index in [9.17, 15) is 8.42 Å². The molecule has 0 fully saturated rings. The molecule has 1 atom stereocenters. The molecule has 1 unspecified atom stereocenters. The third-order valence-electron chi connectivity index (χ3n) is 3.21. The van der Waals surface area contributed by atoms with Crippen molar-refractivity contribution in [2.24, 2.45) is 5.73 Å². The van der Waals surface area contributed by atoms with Crippen molar-refractivity contribution in [3.63, 3.8) is 0 Å². The van der Waals surface area contributed by atoms with Crippen molar-refractivity contribution in [3.05, 3.63) is 29.3 Å². The first-order valence-corrected chi connectivity index (χ1v) is 9.44. The van der Waals surface area contributed by atoms with Gasteiger partial charge in [0.05, 0.1) is 11.4 Å². The fourth-order valence-electron chi connectivity index (χ4n) is 1.85. The van der Waals surface area contributed by atoms with Gasteiger partial charge < -0.3 is 5.73 Å². The zero-order chi connectivity index (χ0) is 16.0. The molecule has 0 aliphatic heterocycles. The van der Waals surface area contributed by atoms with Crippen molar-refractivity contribution in [2.45, 2.75) is 24.8 Å². The van der Waals surface area contributed by atoms with Crippen LogP contribution >= 0.6 is 11.8 Å². The van der Waals surface area contributed by atoms with Crippen molar-refractivity contribution in [2.75, 3.05) is 25.6 Å². The van der Waals surface area contributed by atoms with Crippen molar-refractivity contribution in [3.8, 4) is 11.8 Å². The summed E-state index contributed by atoms with van der Waals surface area (Å²) in [6.45, 7) is 3.95. The maximum Gasteiger partial charge on any atom is 0.243 e. The topological polar surface area (TPSA) is 63.4 Å². The normalized spacial score (nSPS) is 12.9. The lowest BCUT2D eigenvalue weighted by Crippen LogP contribution is -2.36. The van der Waals surface area contributed by atoms with E-state index in [2.05, 4.69) is 11.8 Å². The Morgan fingerprint density at radius 3 is 2.67 bits per heavy atom. The van der Waals surface area contributed by atoms with Crippen LogP contribution in [0.25, 0.3) is 0 Å². The molecular weight excluding hydrogens is 304 g/mol. The minimum Gasteiger partial charge on any atom is -0.320 e. The lowest BCUT2D eigenvalue weighted by atomic mass is 10.1. The zero-order valence-electron chi connectivity index (χ0n) is 12.9. The van der Waals surface area contributed by atoms with E-state index < -0.39 is 10.0 Å². The van der Waals surface area contributed by atoms with Gasteiger partial charge in [-0.05, 0) is 37.8 Å². The molecule has 0 radical (unpaired) electrons. The van der Waals surface area contributed by atoms with Crippen LogP contribution in [0.5, 0.6) is 0 Å². The third-order valence-corrected chi connectivity index (χ3v) is 6.14. The second kappa shape index (κ2) is 7.85. The van der Waals surface area contributed by atoms with Gasteiger partial charge in [-0.25, -0.2) is 8.42 Å². The maximum absolute atomic E-state index is 12.7. The molecule has 21 heavy (non-hydrogen) atoms. The fraction of sp³-hybridized carbons (Fsp3) is 0.467. The van der Waals surface area contributed by atoms with Gasteiger partial charge in [-0.2, -0.15) is 16.1 Å². The highest BCUT2D eigenvalue weighted by Gasteiger charge is 2.26. The summed E-state index contributed by atoms with van der Waals surface area (Å²) in [5, 5.41) is 0. The largest absolute Gasteiger partial charge is 0.320 e. The number of benzene rings is 1. The Morgan fingerprint density at radius 1 is 1.43 bits per heavy atom. The molecule has 0 aromatic heterocycles. The summed E-state index contributed by atoms with van der Waals surface area (Å²) in [6, 6.07) is 5.14. The van der Waals surface area contributed by atoms with Gasteiger partial charge in [0.15, 0.2) is 0 Å². The highest BCUT2D eigenvalue weighted by Crippen LogP contribution is 2.22. The van der Waals surface area contributed by atoms with Gasteiger partial charge in [-0.3, -0.25) is 0 Å². The number of sulfonamides is 1.